The molecule has 2 heterocycles. The Morgan fingerprint density at radius 2 is 2.25 bits per heavy atom. The van der Waals surface area contributed by atoms with Crippen LogP contribution in [0, 0.1) is 5.92 Å². The number of aromatic nitrogens is 5. The Morgan fingerprint density at radius 1 is 1.38 bits per heavy atom. The Balaban J connectivity index is 1.70. The second kappa shape index (κ2) is 4.01. The smallest absolute Gasteiger partial charge is 0.195 e. The lowest BCUT2D eigenvalue weighted by atomic mass is 10.3. The maximum atomic E-state index is 4.35. The number of hydrogen-bond donors (Lipinski definition) is 0. The van der Waals surface area contributed by atoms with E-state index < -0.39 is 0 Å². The highest BCUT2D eigenvalue weighted by Gasteiger charge is 2.21. The molecule has 6 heteroatoms. The van der Waals surface area contributed by atoms with Gasteiger partial charge in [-0.05, 0) is 34.7 Å². The second-order valence-electron chi connectivity index (χ2n) is 4.20. The van der Waals surface area contributed by atoms with Crippen molar-refractivity contribution in [3.63, 3.8) is 0 Å². The van der Waals surface area contributed by atoms with Crippen molar-refractivity contribution in [1.29, 1.82) is 0 Å². The van der Waals surface area contributed by atoms with Gasteiger partial charge in [-0.15, -0.1) is 0 Å². The average molecular weight is 282 g/mol. The van der Waals surface area contributed by atoms with Gasteiger partial charge in [-0.3, -0.25) is 4.68 Å². The maximum Gasteiger partial charge on any atom is 0.195 e. The van der Waals surface area contributed by atoms with Crippen LogP contribution in [-0.4, -0.2) is 24.5 Å². The minimum atomic E-state index is 0.714. The van der Waals surface area contributed by atoms with Crippen molar-refractivity contribution >= 4 is 15.9 Å². The molecule has 1 aliphatic carbocycles. The molecule has 0 unspecified atom stereocenters. The molecule has 3 rings (SSSR count). The zero-order valence-electron chi connectivity index (χ0n) is 8.75. The summed E-state index contributed by atoms with van der Waals surface area (Å²) in [6.07, 6.45) is 8.23. The summed E-state index contributed by atoms with van der Waals surface area (Å²) in [6.45, 7) is 1.77. The van der Waals surface area contributed by atoms with Crippen LogP contribution in [0.25, 0.3) is 0 Å². The summed E-state index contributed by atoms with van der Waals surface area (Å²) in [5.41, 5.74) is 1.16. The topological polar surface area (TPSA) is 48.5 Å². The van der Waals surface area contributed by atoms with Crippen LogP contribution in [0.3, 0.4) is 0 Å². The summed E-state index contributed by atoms with van der Waals surface area (Å²) in [4.78, 5) is 4.02. The van der Waals surface area contributed by atoms with E-state index in [1.165, 1.54) is 12.8 Å². The molecule has 0 bridgehead atoms. The van der Waals surface area contributed by atoms with Gasteiger partial charge in [-0.1, -0.05) is 0 Å². The van der Waals surface area contributed by atoms with Crippen LogP contribution >= 0.6 is 15.9 Å². The Bertz CT molecular complexity index is 485. The van der Waals surface area contributed by atoms with Gasteiger partial charge in [-0.25, -0.2) is 9.67 Å². The lowest BCUT2D eigenvalue weighted by Crippen LogP contribution is -2.02. The molecule has 2 aromatic heterocycles. The largest absolute Gasteiger partial charge is 0.272 e. The Hall–Kier alpha value is -1.17. The predicted octanol–water partition coefficient (Wildman–Crippen LogP) is 1.70. The number of halogens is 1. The van der Waals surface area contributed by atoms with Crippen LogP contribution in [0.15, 0.2) is 23.5 Å². The molecule has 2 aromatic rings. The summed E-state index contributed by atoms with van der Waals surface area (Å²) in [7, 11) is 0. The van der Waals surface area contributed by atoms with E-state index in [9.17, 15) is 0 Å². The van der Waals surface area contributed by atoms with E-state index in [2.05, 4.69) is 37.3 Å². The SMILES string of the molecule is Brc1ncnn1Cc1cnn(CC2CC2)c1. The molecule has 16 heavy (non-hydrogen) atoms. The average Bonchev–Trinajstić information content (AvgIpc) is 2.82. The normalized spacial score (nSPS) is 15.6. The first-order valence-electron chi connectivity index (χ1n) is 5.36. The molecular weight excluding hydrogens is 270 g/mol. The summed E-state index contributed by atoms with van der Waals surface area (Å²) in [6, 6.07) is 0. The third kappa shape index (κ3) is 2.16. The number of rotatable bonds is 4. The van der Waals surface area contributed by atoms with E-state index in [4.69, 9.17) is 0 Å². The van der Waals surface area contributed by atoms with Gasteiger partial charge in [0.25, 0.3) is 0 Å². The van der Waals surface area contributed by atoms with Gasteiger partial charge in [0.1, 0.15) is 6.33 Å². The van der Waals surface area contributed by atoms with Crippen LogP contribution in [0.1, 0.15) is 18.4 Å². The zero-order valence-corrected chi connectivity index (χ0v) is 10.3. The highest BCUT2D eigenvalue weighted by atomic mass is 79.9. The monoisotopic (exact) mass is 281 g/mol. The summed E-state index contributed by atoms with van der Waals surface area (Å²) >= 11 is 3.34. The lowest BCUT2D eigenvalue weighted by Gasteiger charge is -1.99. The summed E-state index contributed by atoms with van der Waals surface area (Å²) < 4.78 is 4.58. The third-order valence-corrected chi connectivity index (χ3v) is 3.34. The van der Waals surface area contributed by atoms with Crippen molar-refractivity contribution in [2.45, 2.75) is 25.9 Å². The quantitative estimate of drug-likeness (QED) is 0.857. The van der Waals surface area contributed by atoms with Crippen LogP contribution in [0.4, 0.5) is 0 Å². The molecule has 0 saturated heterocycles. The molecule has 0 aromatic carbocycles. The van der Waals surface area contributed by atoms with E-state index in [1.54, 1.807) is 11.0 Å². The van der Waals surface area contributed by atoms with Crippen LogP contribution in [0.5, 0.6) is 0 Å². The third-order valence-electron chi connectivity index (χ3n) is 2.73. The van der Waals surface area contributed by atoms with Crippen molar-refractivity contribution in [2.24, 2.45) is 5.92 Å². The molecule has 84 valence electrons. The molecule has 0 N–H and O–H groups in total. The highest BCUT2D eigenvalue weighted by molar-refractivity contribution is 9.10. The Kier molecular flexibility index (Phi) is 2.51. The molecule has 0 atom stereocenters. The van der Waals surface area contributed by atoms with Crippen molar-refractivity contribution in [1.82, 2.24) is 24.5 Å². The van der Waals surface area contributed by atoms with Crippen LogP contribution < -0.4 is 0 Å². The van der Waals surface area contributed by atoms with Crippen molar-refractivity contribution in [3.8, 4) is 0 Å². The van der Waals surface area contributed by atoms with Gasteiger partial charge in [0.15, 0.2) is 4.73 Å². The Morgan fingerprint density at radius 3 is 2.94 bits per heavy atom. The minimum absolute atomic E-state index is 0.714. The van der Waals surface area contributed by atoms with E-state index in [1.807, 2.05) is 10.9 Å². The first kappa shape index (κ1) is 10.0. The highest BCUT2D eigenvalue weighted by Crippen LogP contribution is 2.30. The van der Waals surface area contributed by atoms with Gasteiger partial charge < -0.3 is 0 Å². The fourth-order valence-corrected chi connectivity index (χ4v) is 1.99. The molecule has 1 fully saturated rings. The minimum Gasteiger partial charge on any atom is -0.272 e. The van der Waals surface area contributed by atoms with Gasteiger partial charge in [0.2, 0.25) is 0 Å². The first-order valence-corrected chi connectivity index (χ1v) is 6.15. The number of hydrogen-bond acceptors (Lipinski definition) is 3. The van der Waals surface area contributed by atoms with Crippen LogP contribution in [0.2, 0.25) is 0 Å². The van der Waals surface area contributed by atoms with E-state index in [0.717, 1.165) is 22.8 Å². The fourth-order valence-electron chi connectivity index (χ4n) is 1.68. The zero-order chi connectivity index (χ0) is 11.0. The molecule has 5 nitrogen and oxygen atoms in total. The predicted molar refractivity (Wildman–Crippen MR) is 61.8 cm³/mol. The van der Waals surface area contributed by atoms with Gasteiger partial charge in [0, 0.05) is 18.3 Å². The van der Waals surface area contributed by atoms with E-state index in [-0.39, 0.29) is 0 Å². The van der Waals surface area contributed by atoms with Crippen molar-refractivity contribution in [3.05, 3.63) is 29.0 Å². The van der Waals surface area contributed by atoms with Gasteiger partial charge >= 0.3 is 0 Å². The van der Waals surface area contributed by atoms with Crippen molar-refractivity contribution < 1.29 is 0 Å². The summed E-state index contributed by atoms with van der Waals surface area (Å²) in [5, 5.41) is 8.46. The second-order valence-corrected chi connectivity index (χ2v) is 4.91. The van der Waals surface area contributed by atoms with Crippen molar-refractivity contribution in [2.75, 3.05) is 0 Å². The fraction of sp³-hybridized carbons (Fsp3) is 0.500. The van der Waals surface area contributed by atoms with Crippen LogP contribution in [-0.2, 0) is 13.1 Å². The lowest BCUT2D eigenvalue weighted by molar-refractivity contribution is 0.562. The standard InChI is InChI=1S/C10H12BrN5/c11-10-12-7-14-16(10)6-9-3-13-15(5-9)4-8-1-2-8/h3,5,7-8H,1-2,4,6H2. The molecule has 0 spiro atoms. The molecule has 0 aliphatic heterocycles. The van der Waals surface area contributed by atoms with E-state index >= 15 is 0 Å². The van der Waals surface area contributed by atoms with Gasteiger partial charge in [0.05, 0.1) is 12.7 Å². The molecule has 1 saturated carbocycles. The molecular formula is C10H12BrN5. The molecule has 0 amide bonds. The first-order chi connectivity index (χ1) is 7.81. The summed E-state index contributed by atoms with van der Waals surface area (Å²) in [5.74, 6) is 0.853. The maximum absolute atomic E-state index is 4.35. The number of nitrogens with zero attached hydrogens (tertiary/aromatic N) is 5. The molecule has 1 aliphatic rings. The van der Waals surface area contributed by atoms with E-state index in [0.29, 0.717) is 6.54 Å². The Labute approximate surface area is 102 Å². The molecule has 0 radical (unpaired) electrons. The van der Waals surface area contributed by atoms with Gasteiger partial charge in [-0.2, -0.15) is 10.2 Å².